The van der Waals surface area contributed by atoms with Crippen LogP contribution in [0.5, 0.6) is 0 Å². The molecule has 3 rings (SSSR count). The molecule has 0 atom stereocenters. The zero-order chi connectivity index (χ0) is 21.5. The van der Waals surface area contributed by atoms with Gasteiger partial charge in [0, 0.05) is 19.4 Å². The Labute approximate surface area is 175 Å². The molecule has 0 radical (unpaired) electrons. The Hall–Kier alpha value is -3.59. The van der Waals surface area contributed by atoms with Crippen molar-refractivity contribution in [3.8, 4) is 23.5 Å². The van der Waals surface area contributed by atoms with Crippen LogP contribution in [-0.4, -0.2) is 25.4 Å². The van der Waals surface area contributed by atoms with Crippen LogP contribution in [0.3, 0.4) is 0 Å². The highest BCUT2D eigenvalue weighted by molar-refractivity contribution is 5.95. The first-order valence-corrected chi connectivity index (χ1v) is 10.1. The highest BCUT2D eigenvalue weighted by Crippen LogP contribution is 2.24. The molecule has 1 N–H and O–H groups in total. The lowest BCUT2D eigenvalue weighted by molar-refractivity contribution is 0.0697. The van der Waals surface area contributed by atoms with Crippen LogP contribution in [0, 0.1) is 12.3 Å². The van der Waals surface area contributed by atoms with E-state index in [1.807, 2.05) is 30.3 Å². The Bertz CT molecular complexity index is 1120. The summed E-state index contributed by atoms with van der Waals surface area (Å²) in [7, 11) is 0. The second-order valence-electron chi connectivity index (χ2n) is 7.11. The second-order valence-corrected chi connectivity index (χ2v) is 7.11. The van der Waals surface area contributed by atoms with Crippen LogP contribution < -0.4 is 5.69 Å². The molecule has 3 aromatic rings. The molecule has 0 saturated carbocycles. The van der Waals surface area contributed by atoms with Gasteiger partial charge in [0.25, 0.3) is 0 Å². The number of unbranched alkanes of at least 4 members (excludes halogenated alkanes) is 1. The van der Waals surface area contributed by atoms with E-state index in [2.05, 4.69) is 17.9 Å². The summed E-state index contributed by atoms with van der Waals surface area (Å²) in [6.07, 6.45) is 8.35. The molecule has 0 amide bonds. The number of aryl methyl sites for hydroxylation is 2. The summed E-state index contributed by atoms with van der Waals surface area (Å²) in [5.41, 5.74) is 2.54. The average Bonchev–Trinajstić information content (AvgIpc) is 3.05. The number of terminal acetylenes is 1. The van der Waals surface area contributed by atoms with Gasteiger partial charge in [-0.15, -0.1) is 12.3 Å². The van der Waals surface area contributed by atoms with Crippen molar-refractivity contribution in [2.24, 2.45) is 0 Å². The van der Waals surface area contributed by atoms with Gasteiger partial charge in [0.1, 0.15) is 5.82 Å². The van der Waals surface area contributed by atoms with Crippen LogP contribution in [0.25, 0.3) is 11.1 Å². The molecule has 0 bridgehead atoms. The van der Waals surface area contributed by atoms with Crippen molar-refractivity contribution >= 4 is 5.97 Å². The van der Waals surface area contributed by atoms with Gasteiger partial charge in [0.15, 0.2) is 0 Å². The average molecular weight is 403 g/mol. The molecule has 154 valence electrons. The third-order valence-corrected chi connectivity index (χ3v) is 4.98. The minimum atomic E-state index is -0.959. The van der Waals surface area contributed by atoms with Crippen LogP contribution in [0.4, 0.5) is 0 Å². The van der Waals surface area contributed by atoms with Crippen molar-refractivity contribution in [2.45, 2.75) is 45.7 Å². The number of carbonyl (C=O) groups is 1. The number of hydrogen-bond donors (Lipinski definition) is 1. The second kappa shape index (κ2) is 9.75. The Kier molecular flexibility index (Phi) is 6.87. The van der Waals surface area contributed by atoms with Gasteiger partial charge in [-0.1, -0.05) is 55.8 Å². The lowest BCUT2D eigenvalue weighted by atomic mass is 9.99. The molecule has 0 unspecified atom stereocenters. The number of carboxylic acid groups (broad SMARTS) is 1. The van der Waals surface area contributed by atoms with E-state index >= 15 is 0 Å². The van der Waals surface area contributed by atoms with E-state index in [1.54, 1.807) is 22.8 Å². The molecule has 0 aliphatic carbocycles. The predicted octanol–water partition coefficient (Wildman–Crippen LogP) is 3.82. The van der Waals surface area contributed by atoms with Gasteiger partial charge in [-0.05, 0) is 29.2 Å². The van der Waals surface area contributed by atoms with Crippen LogP contribution >= 0.6 is 0 Å². The summed E-state index contributed by atoms with van der Waals surface area (Å²) in [5, 5.41) is 13.9. The topological polar surface area (TPSA) is 77.1 Å². The fourth-order valence-electron chi connectivity index (χ4n) is 3.36. The zero-order valence-corrected chi connectivity index (χ0v) is 17.0. The van der Waals surface area contributed by atoms with E-state index < -0.39 is 5.97 Å². The Morgan fingerprint density at radius 3 is 2.57 bits per heavy atom. The largest absolute Gasteiger partial charge is 0.478 e. The molecule has 1 aromatic heterocycles. The van der Waals surface area contributed by atoms with Gasteiger partial charge in [0.2, 0.25) is 0 Å². The molecule has 2 aromatic carbocycles. The molecule has 6 heteroatoms. The van der Waals surface area contributed by atoms with Crippen molar-refractivity contribution in [3.63, 3.8) is 0 Å². The van der Waals surface area contributed by atoms with Crippen LogP contribution in [0.1, 0.15) is 47.9 Å². The summed E-state index contributed by atoms with van der Waals surface area (Å²) in [6.45, 7) is 3.06. The van der Waals surface area contributed by atoms with Gasteiger partial charge < -0.3 is 5.11 Å². The number of nitrogens with zero attached hydrogens (tertiary/aromatic N) is 3. The molecule has 0 aliphatic rings. The molecule has 30 heavy (non-hydrogen) atoms. The van der Waals surface area contributed by atoms with E-state index in [9.17, 15) is 14.7 Å². The minimum Gasteiger partial charge on any atom is -0.478 e. The van der Waals surface area contributed by atoms with Gasteiger partial charge in [-0.25, -0.2) is 14.3 Å². The highest BCUT2D eigenvalue weighted by atomic mass is 16.4. The van der Waals surface area contributed by atoms with Gasteiger partial charge in [-0.2, -0.15) is 5.10 Å². The third-order valence-electron chi connectivity index (χ3n) is 4.98. The van der Waals surface area contributed by atoms with E-state index in [0.29, 0.717) is 37.3 Å². The zero-order valence-electron chi connectivity index (χ0n) is 17.0. The first-order valence-electron chi connectivity index (χ1n) is 10.1. The lowest BCUT2D eigenvalue weighted by Crippen LogP contribution is -2.26. The van der Waals surface area contributed by atoms with E-state index in [1.165, 1.54) is 4.68 Å². The standard InChI is InChI=1S/C24H25N3O3/c1-3-5-11-22-25-27(16-6-4-2)24(30)26(22)17-18-12-14-19(15-13-18)20-9-7-8-10-21(20)23(28)29/h1,7-10,12-15H,4-6,11,16-17H2,2H3,(H,28,29). The monoisotopic (exact) mass is 403 g/mol. The molecule has 1 heterocycles. The molecule has 0 spiro atoms. The molecular weight excluding hydrogens is 378 g/mol. The number of aromatic carboxylic acids is 1. The van der Waals surface area contributed by atoms with E-state index in [4.69, 9.17) is 6.42 Å². The van der Waals surface area contributed by atoms with E-state index in [-0.39, 0.29) is 11.3 Å². The predicted molar refractivity (Wildman–Crippen MR) is 116 cm³/mol. The number of carboxylic acids is 1. The Morgan fingerprint density at radius 1 is 1.17 bits per heavy atom. The van der Waals surface area contributed by atoms with Gasteiger partial charge in [0.05, 0.1) is 12.1 Å². The summed E-state index contributed by atoms with van der Waals surface area (Å²) in [6, 6.07) is 14.5. The van der Waals surface area contributed by atoms with Crippen molar-refractivity contribution in [1.82, 2.24) is 14.3 Å². The van der Waals surface area contributed by atoms with Crippen LogP contribution in [0.2, 0.25) is 0 Å². The van der Waals surface area contributed by atoms with Crippen LogP contribution in [-0.2, 0) is 19.5 Å². The summed E-state index contributed by atoms with van der Waals surface area (Å²) < 4.78 is 3.19. The molecule has 0 fully saturated rings. The Morgan fingerprint density at radius 2 is 1.90 bits per heavy atom. The molecule has 0 aliphatic heterocycles. The van der Waals surface area contributed by atoms with E-state index in [0.717, 1.165) is 24.0 Å². The summed E-state index contributed by atoms with van der Waals surface area (Å²) in [5.74, 6) is 2.34. The van der Waals surface area contributed by atoms with Gasteiger partial charge >= 0.3 is 11.7 Å². The highest BCUT2D eigenvalue weighted by Gasteiger charge is 2.14. The molecule has 0 saturated heterocycles. The van der Waals surface area contributed by atoms with Crippen molar-refractivity contribution < 1.29 is 9.90 Å². The number of aromatic nitrogens is 3. The quantitative estimate of drug-likeness (QED) is 0.551. The fourth-order valence-corrected chi connectivity index (χ4v) is 3.36. The third kappa shape index (κ3) is 4.69. The van der Waals surface area contributed by atoms with Crippen LogP contribution in [0.15, 0.2) is 53.3 Å². The SMILES string of the molecule is C#CCCc1nn(CCCC)c(=O)n1Cc1ccc(-c2ccccc2C(=O)O)cc1. The summed E-state index contributed by atoms with van der Waals surface area (Å²) in [4.78, 5) is 24.3. The maximum absolute atomic E-state index is 12.8. The minimum absolute atomic E-state index is 0.129. The van der Waals surface area contributed by atoms with Gasteiger partial charge in [-0.3, -0.25) is 4.57 Å². The van der Waals surface area contributed by atoms with Crippen molar-refractivity contribution in [3.05, 3.63) is 76.0 Å². The summed E-state index contributed by atoms with van der Waals surface area (Å²) >= 11 is 0. The maximum atomic E-state index is 12.8. The normalized spacial score (nSPS) is 10.7. The first-order chi connectivity index (χ1) is 14.5. The number of hydrogen-bond acceptors (Lipinski definition) is 3. The van der Waals surface area contributed by atoms with Crippen molar-refractivity contribution in [1.29, 1.82) is 0 Å². The fraction of sp³-hybridized carbons (Fsp3) is 0.292. The maximum Gasteiger partial charge on any atom is 0.346 e. The number of rotatable bonds is 9. The smallest absolute Gasteiger partial charge is 0.346 e. The van der Waals surface area contributed by atoms with Crippen molar-refractivity contribution in [2.75, 3.05) is 0 Å². The lowest BCUT2D eigenvalue weighted by Gasteiger charge is -2.09. The Balaban J connectivity index is 1.88. The molecule has 6 nitrogen and oxygen atoms in total. The number of benzene rings is 2. The molecular formula is C24H25N3O3. The first kappa shape index (κ1) is 21.1.